The standard InChI is InChI=1S/C11H14ClNO2/c1-8(4-6-15-2)11(14)9-3-5-13-10(12)7-9/h3,5,7-8H,4,6H2,1-2H3. The normalized spacial score (nSPS) is 12.5. The minimum atomic E-state index is -0.0524. The van der Waals surface area contributed by atoms with Crippen LogP contribution in [0.25, 0.3) is 0 Å². The summed E-state index contributed by atoms with van der Waals surface area (Å²) in [5.74, 6) is 0.0276. The Morgan fingerprint density at radius 2 is 2.40 bits per heavy atom. The molecule has 1 aromatic rings. The maximum absolute atomic E-state index is 11.9. The van der Waals surface area contributed by atoms with Crippen LogP contribution in [0.3, 0.4) is 0 Å². The molecule has 15 heavy (non-hydrogen) atoms. The zero-order valence-corrected chi connectivity index (χ0v) is 9.62. The molecule has 0 saturated heterocycles. The number of carbonyl (C=O) groups is 1. The fourth-order valence-electron chi connectivity index (χ4n) is 1.27. The Balaban J connectivity index is 2.67. The molecule has 4 heteroatoms. The number of ether oxygens (including phenoxy) is 1. The highest BCUT2D eigenvalue weighted by molar-refractivity contribution is 6.29. The molecular weight excluding hydrogens is 214 g/mol. The highest BCUT2D eigenvalue weighted by Crippen LogP contribution is 2.14. The molecular formula is C11H14ClNO2. The molecule has 0 aliphatic rings. The number of ketones is 1. The topological polar surface area (TPSA) is 39.2 Å². The Kier molecular flexibility index (Phi) is 4.72. The van der Waals surface area contributed by atoms with Gasteiger partial charge in [-0.2, -0.15) is 0 Å². The maximum atomic E-state index is 11.9. The first-order chi connectivity index (χ1) is 7.15. The number of methoxy groups -OCH3 is 1. The monoisotopic (exact) mass is 227 g/mol. The third kappa shape index (κ3) is 3.61. The van der Waals surface area contributed by atoms with E-state index in [4.69, 9.17) is 16.3 Å². The molecule has 0 radical (unpaired) electrons. The Bertz CT molecular complexity index is 341. The minimum absolute atomic E-state index is 0.0524. The van der Waals surface area contributed by atoms with E-state index in [-0.39, 0.29) is 11.7 Å². The molecule has 0 saturated carbocycles. The first-order valence-electron chi connectivity index (χ1n) is 4.80. The van der Waals surface area contributed by atoms with E-state index < -0.39 is 0 Å². The van der Waals surface area contributed by atoms with E-state index >= 15 is 0 Å². The molecule has 0 aliphatic heterocycles. The van der Waals surface area contributed by atoms with Crippen LogP contribution < -0.4 is 0 Å². The van der Waals surface area contributed by atoms with Gasteiger partial charge in [0.15, 0.2) is 5.78 Å². The number of halogens is 1. The van der Waals surface area contributed by atoms with Crippen molar-refractivity contribution in [3.63, 3.8) is 0 Å². The number of pyridine rings is 1. The van der Waals surface area contributed by atoms with Crippen molar-refractivity contribution >= 4 is 17.4 Å². The van der Waals surface area contributed by atoms with E-state index in [1.807, 2.05) is 6.92 Å². The van der Waals surface area contributed by atoms with Crippen LogP contribution in [0.15, 0.2) is 18.3 Å². The second kappa shape index (κ2) is 5.83. The van der Waals surface area contributed by atoms with Crippen molar-refractivity contribution in [3.8, 4) is 0 Å². The van der Waals surface area contributed by atoms with Gasteiger partial charge in [0, 0.05) is 31.4 Å². The molecule has 0 spiro atoms. The maximum Gasteiger partial charge on any atom is 0.165 e. The first kappa shape index (κ1) is 12.1. The SMILES string of the molecule is COCCC(C)C(=O)c1ccnc(Cl)c1. The smallest absolute Gasteiger partial charge is 0.165 e. The van der Waals surface area contributed by atoms with Gasteiger partial charge in [0.05, 0.1) is 0 Å². The quantitative estimate of drug-likeness (QED) is 0.573. The van der Waals surface area contributed by atoms with Crippen molar-refractivity contribution < 1.29 is 9.53 Å². The molecule has 0 N–H and O–H groups in total. The second-order valence-corrected chi connectivity index (χ2v) is 3.80. The molecule has 1 unspecified atom stereocenters. The van der Waals surface area contributed by atoms with Gasteiger partial charge in [-0.3, -0.25) is 4.79 Å². The van der Waals surface area contributed by atoms with E-state index in [0.29, 0.717) is 17.3 Å². The highest BCUT2D eigenvalue weighted by atomic mass is 35.5. The van der Waals surface area contributed by atoms with Crippen LogP contribution in [0.2, 0.25) is 5.15 Å². The lowest BCUT2D eigenvalue weighted by Crippen LogP contribution is -2.13. The summed E-state index contributed by atoms with van der Waals surface area (Å²) in [6.45, 7) is 2.47. The van der Waals surface area contributed by atoms with Gasteiger partial charge in [0.25, 0.3) is 0 Å². The van der Waals surface area contributed by atoms with Crippen LogP contribution >= 0.6 is 11.6 Å². The summed E-state index contributed by atoms with van der Waals surface area (Å²) in [6, 6.07) is 3.27. The molecule has 0 aliphatic carbocycles. The zero-order chi connectivity index (χ0) is 11.3. The van der Waals surface area contributed by atoms with E-state index in [1.165, 1.54) is 0 Å². The molecule has 0 bridgehead atoms. The van der Waals surface area contributed by atoms with Crippen molar-refractivity contribution in [1.29, 1.82) is 0 Å². The third-order valence-corrected chi connectivity index (χ3v) is 2.42. The van der Waals surface area contributed by atoms with Crippen molar-refractivity contribution in [2.24, 2.45) is 5.92 Å². The molecule has 3 nitrogen and oxygen atoms in total. The van der Waals surface area contributed by atoms with Crippen LogP contribution in [0, 0.1) is 5.92 Å². The van der Waals surface area contributed by atoms with Gasteiger partial charge in [-0.15, -0.1) is 0 Å². The fraction of sp³-hybridized carbons (Fsp3) is 0.455. The molecule has 0 fully saturated rings. The number of aromatic nitrogens is 1. The van der Waals surface area contributed by atoms with E-state index in [0.717, 1.165) is 6.42 Å². The second-order valence-electron chi connectivity index (χ2n) is 3.41. The number of hydrogen-bond acceptors (Lipinski definition) is 3. The van der Waals surface area contributed by atoms with Crippen molar-refractivity contribution in [3.05, 3.63) is 29.0 Å². The Hall–Kier alpha value is -0.930. The fourth-order valence-corrected chi connectivity index (χ4v) is 1.44. The van der Waals surface area contributed by atoms with Crippen LogP contribution in [-0.4, -0.2) is 24.5 Å². The van der Waals surface area contributed by atoms with Crippen molar-refractivity contribution in [2.45, 2.75) is 13.3 Å². The lowest BCUT2D eigenvalue weighted by molar-refractivity contribution is 0.0893. The predicted octanol–water partition coefficient (Wildman–Crippen LogP) is 2.59. The van der Waals surface area contributed by atoms with Gasteiger partial charge >= 0.3 is 0 Å². The lowest BCUT2D eigenvalue weighted by Gasteiger charge is -2.09. The van der Waals surface area contributed by atoms with Gasteiger partial charge in [0.2, 0.25) is 0 Å². The summed E-state index contributed by atoms with van der Waals surface area (Å²) in [7, 11) is 1.63. The molecule has 82 valence electrons. The van der Waals surface area contributed by atoms with E-state index in [1.54, 1.807) is 25.4 Å². The van der Waals surface area contributed by atoms with Gasteiger partial charge in [-0.25, -0.2) is 4.98 Å². The molecule has 0 aromatic carbocycles. The largest absolute Gasteiger partial charge is 0.385 e. The molecule has 1 aromatic heterocycles. The molecule has 1 heterocycles. The summed E-state index contributed by atoms with van der Waals surface area (Å²) < 4.78 is 4.93. The van der Waals surface area contributed by atoms with Gasteiger partial charge < -0.3 is 4.74 Å². The number of hydrogen-bond donors (Lipinski definition) is 0. The van der Waals surface area contributed by atoms with Crippen LogP contribution in [0.1, 0.15) is 23.7 Å². The van der Waals surface area contributed by atoms with Crippen LogP contribution in [0.5, 0.6) is 0 Å². The Morgan fingerprint density at radius 3 is 3.00 bits per heavy atom. The van der Waals surface area contributed by atoms with E-state index in [9.17, 15) is 4.79 Å². The summed E-state index contributed by atoms with van der Waals surface area (Å²) >= 11 is 5.71. The average molecular weight is 228 g/mol. The van der Waals surface area contributed by atoms with Crippen LogP contribution in [-0.2, 0) is 4.74 Å². The molecule has 1 atom stereocenters. The highest BCUT2D eigenvalue weighted by Gasteiger charge is 2.15. The van der Waals surface area contributed by atoms with Gasteiger partial charge in [-0.05, 0) is 18.6 Å². The summed E-state index contributed by atoms with van der Waals surface area (Å²) in [4.78, 5) is 15.7. The average Bonchev–Trinajstić information content (AvgIpc) is 2.24. The minimum Gasteiger partial charge on any atom is -0.385 e. The summed E-state index contributed by atoms with van der Waals surface area (Å²) in [5.41, 5.74) is 0.610. The third-order valence-electron chi connectivity index (χ3n) is 2.21. The number of carbonyl (C=O) groups excluding carboxylic acids is 1. The first-order valence-corrected chi connectivity index (χ1v) is 5.17. The van der Waals surface area contributed by atoms with Crippen LogP contribution in [0.4, 0.5) is 0 Å². The van der Waals surface area contributed by atoms with E-state index in [2.05, 4.69) is 4.98 Å². The summed E-state index contributed by atoms with van der Waals surface area (Å²) in [5, 5.41) is 0.347. The Labute approximate surface area is 94.4 Å². The molecule has 0 amide bonds. The lowest BCUT2D eigenvalue weighted by atomic mass is 9.98. The van der Waals surface area contributed by atoms with Crippen molar-refractivity contribution in [1.82, 2.24) is 4.98 Å². The summed E-state index contributed by atoms with van der Waals surface area (Å²) in [6.07, 6.45) is 2.26. The Morgan fingerprint density at radius 1 is 1.67 bits per heavy atom. The number of Topliss-reactive ketones (excluding diaryl/α,β-unsaturated/α-hetero) is 1. The van der Waals surface area contributed by atoms with Crippen molar-refractivity contribution in [2.75, 3.05) is 13.7 Å². The molecule has 1 rings (SSSR count). The van der Waals surface area contributed by atoms with Gasteiger partial charge in [0.1, 0.15) is 5.15 Å². The number of nitrogens with zero attached hydrogens (tertiary/aromatic N) is 1. The predicted molar refractivity (Wildman–Crippen MR) is 59.2 cm³/mol. The zero-order valence-electron chi connectivity index (χ0n) is 8.87. The van der Waals surface area contributed by atoms with Gasteiger partial charge in [-0.1, -0.05) is 18.5 Å². The number of rotatable bonds is 5.